The van der Waals surface area contributed by atoms with Crippen molar-refractivity contribution >= 4 is 28.4 Å². The number of ether oxygens (including phenoxy) is 1. The first-order valence-electron chi connectivity index (χ1n) is 8.19. The Morgan fingerprint density at radius 1 is 1.39 bits per heavy atom. The maximum Gasteiger partial charge on any atom is 0.267 e. The van der Waals surface area contributed by atoms with Crippen molar-refractivity contribution in [2.45, 2.75) is 38.1 Å². The van der Waals surface area contributed by atoms with Gasteiger partial charge in [0, 0.05) is 23.4 Å². The summed E-state index contributed by atoms with van der Waals surface area (Å²) in [7, 11) is 0. The number of amides is 1. The molecule has 1 aliphatic heterocycles. The summed E-state index contributed by atoms with van der Waals surface area (Å²) in [6, 6.07) is 3.79. The van der Waals surface area contributed by atoms with E-state index in [4.69, 9.17) is 16.3 Å². The van der Waals surface area contributed by atoms with E-state index < -0.39 is 0 Å². The Morgan fingerprint density at radius 3 is 3.04 bits per heavy atom. The van der Waals surface area contributed by atoms with Gasteiger partial charge in [0.25, 0.3) is 5.91 Å². The molecule has 2 aromatic rings. The minimum atomic E-state index is -0.0597. The summed E-state index contributed by atoms with van der Waals surface area (Å²) in [6.45, 7) is 1.49. The van der Waals surface area contributed by atoms with Crippen molar-refractivity contribution in [2.24, 2.45) is 5.41 Å². The summed E-state index contributed by atoms with van der Waals surface area (Å²) in [5.74, 6) is -0.0597. The normalized spacial score (nSPS) is 23.4. The zero-order chi connectivity index (χ0) is 15.9. The van der Waals surface area contributed by atoms with Crippen LogP contribution in [0, 0.1) is 5.41 Å². The van der Waals surface area contributed by atoms with E-state index in [9.17, 15) is 4.79 Å². The third kappa shape index (κ3) is 2.72. The number of carbonyl (C=O) groups is 1. The van der Waals surface area contributed by atoms with Gasteiger partial charge in [0.15, 0.2) is 0 Å². The highest BCUT2D eigenvalue weighted by Gasteiger charge is 2.44. The van der Waals surface area contributed by atoms with Gasteiger partial charge in [0.05, 0.1) is 18.3 Å². The number of aromatic amines is 1. The zero-order valence-corrected chi connectivity index (χ0v) is 13.7. The summed E-state index contributed by atoms with van der Waals surface area (Å²) in [5.41, 5.74) is 1.51. The largest absolute Gasteiger partial charge is 0.381 e. The Morgan fingerprint density at radius 2 is 2.22 bits per heavy atom. The summed E-state index contributed by atoms with van der Waals surface area (Å²) >= 11 is 5.91. The lowest BCUT2D eigenvalue weighted by Crippen LogP contribution is -2.52. The molecule has 6 heteroatoms. The number of nitrogens with one attached hydrogen (secondary N) is 2. The highest BCUT2D eigenvalue weighted by atomic mass is 35.5. The van der Waals surface area contributed by atoms with E-state index >= 15 is 0 Å². The average Bonchev–Trinajstić information content (AvgIpc) is 3.17. The SMILES string of the molecule is O=C(NC1CCOCC12CCCC2)c1cc2cc(Cl)ncc2[nH]1. The van der Waals surface area contributed by atoms with Crippen LogP contribution in [0.5, 0.6) is 0 Å². The average molecular weight is 334 g/mol. The number of aromatic nitrogens is 2. The van der Waals surface area contributed by atoms with Gasteiger partial charge in [-0.3, -0.25) is 4.79 Å². The highest BCUT2D eigenvalue weighted by Crippen LogP contribution is 2.44. The first-order valence-corrected chi connectivity index (χ1v) is 8.57. The van der Waals surface area contributed by atoms with Crippen LogP contribution in [0.1, 0.15) is 42.6 Å². The number of rotatable bonds is 2. The molecule has 2 aromatic heterocycles. The Balaban J connectivity index is 1.55. The molecule has 1 aliphatic carbocycles. The molecule has 0 aromatic carbocycles. The van der Waals surface area contributed by atoms with Crippen LogP contribution in [0.15, 0.2) is 18.3 Å². The summed E-state index contributed by atoms with van der Waals surface area (Å²) in [5, 5.41) is 4.57. The molecular formula is C17H20ClN3O2. The Kier molecular flexibility index (Phi) is 3.77. The molecule has 122 valence electrons. The molecule has 0 bridgehead atoms. The van der Waals surface area contributed by atoms with E-state index in [1.54, 1.807) is 12.3 Å². The summed E-state index contributed by atoms with van der Waals surface area (Å²) < 4.78 is 5.70. The number of fused-ring (bicyclic) bond motifs is 1. The fourth-order valence-electron chi connectivity index (χ4n) is 4.04. The van der Waals surface area contributed by atoms with Gasteiger partial charge in [0.1, 0.15) is 10.8 Å². The second-order valence-corrected chi connectivity index (χ2v) is 7.10. The van der Waals surface area contributed by atoms with Gasteiger partial charge >= 0.3 is 0 Å². The second kappa shape index (κ2) is 5.80. The molecule has 0 radical (unpaired) electrons. The monoisotopic (exact) mass is 333 g/mol. The second-order valence-electron chi connectivity index (χ2n) is 6.71. The number of nitrogens with zero attached hydrogens (tertiary/aromatic N) is 1. The third-order valence-electron chi connectivity index (χ3n) is 5.30. The van der Waals surface area contributed by atoms with Gasteiger partial charge < -0.3 is 15.0 Å². The van der Waals surface area contributed by atoms with Crippen molar-refractivity contribution in [2.75, 3.05) is 13.2 Å². The molecule has 2 fully saturated rings. The van der Waals surface area contributed by atoms with Crippen molar-refractivity contribution in [3.8, 4) is 0 Å². The molecule has 1 unspecified atom stereocenters. The Bertz CT molecular complexity index is 737. The topological polar surface area (TPSA) is 67.0 Å². The van der Waals surface area contributed by atoms with E-state index in [2.05, 4.69) is 15.3 Å². The van der Waals surface area contributed by atoms with Gasteiger partial charge in [0.2, 0.25) is 0 Å². The number of pyridine rings is 1. The number of hydrogen-bond acceptors (Lipinski definition) is 3. The maximum atomic E-state index is 12.7. The van der Waals surface area contributed by atoms with Crippen LogP contribution in [0.2, 0.25) is 5.15 Å². The smallest absolute Gasteiger partial charge is 0.267 e. The lowest BCUT2D eigenvalue weighted by atomic mass is 9.76. The van der Waals surface area contributed by atoms with Crippen molar-refractivity contribution in [1.82, 2.24) is 15.3 Å². The third-order valence-corrected chi connectivity index (χ3v) is 5.51. The van der Waals surface area contributed by atoms with E-state index in [0.717, 1.165) is 43.4 Å². The molecular weight excluding hydrogens is 314 g/mol. The molecule has 3 heterocycles. The van der Waals surface area contributed by atoms with Crippen LogP contribution in [0.25, 0.3) is 10.9 Å². The van der Waals surface area contributed by atoms with E-state index in [1.807, 2.05) is 6.07 Å². The molecule has 2 N–H and O–H groups in total. The molecule has 23 heavy (non-hydrogen) atoms. The molecule has 4 rings (SSSR count). The summed E-state index contributed by atoms with van der Waals surface area (Å²) in [4.78, 5) is 19.8. The molecule has 1 spiro atoms. The van der Waals surface area contributed by atoms with Crippen LogP contribution in [0.4, 0.5) is 0 Å². The molecule has 1 saturated carbocycles. The van der Waals surface area contributed by atoms with Crippen LogP contribution in [-0.4, -0.2) is 35.1 Å². The fraction of sp³-hybridized carbons (Fsp3) is 0.529. The van der Waals surface area contributed by atoms with E-state index in [0.29, 0.717) is 10.8 Å². The predicted octanol–water partition coefficient (Wildman–Crippen LogP) is 3.30. The van der Waals surface area contributed by atoms with E-state index in [1.165, 1.54) is 12.8 Å². The van der Waals surface area contributed by atoms with E-state index in [-0.39, 0.29) is 17.4 Å². The standard InChI is InChI=1S/C17H20ClN3O2/c18-15-8-11-7-12(20-13(11)9-19-15)16(22)21-14-3-6-23-10-17(14)4-1-2-5-17/h7-9,14,20H,1-6,10H2,(H,21,22). The van der Waals surface area contributed by atoms with Crippen molar-refractivity contribution in [1.29, 1.82) is 0 Å². The van der Waals surface area contributed by atoms with Gasteiger partial charge in [-0.25, -0.2) is 4.98 Å². The van der Waals surface area contributed by atoms with Crippen molar-refractivity contribution in [3.05, 3.63) is 29.2 Å². The number of halogens is 1. The van der Waals surface area contributed by atoms with Crippen LogP contribution in [0.3, 0.4) is 0 Å². The van der Waals surface area contributed by atoms with Crippen molar-refractivity contribution in [3.63, 3.8) is 0 Å². The minimum absolute atomic E-state index is 0.0597. The predicted molar refractivity (Wildman–Crippen MR) is 88.7 cm³/mol. The van der Waals surface area contributed by atoms with Gasteiger partial charge in [-0.1, -0.05) is 24.4 Å². The molecule has 2 aliphatic rings. The molecule has 1 atom stereocenters. The Labute approximate surface area is 139 Å². The Hall–Kier alpha value is -1.59. The number of hydrogen-bond donors (Lipinski definition) is 2. The molecule has 1 amide bonds. The minimum Gasteiger partial charge on any atom is -0.381 e. The first-order chi connectivity index (χ1) is 11.2. The van der Waals surface area contributed by atoms with Crippen LogP contribution in [-0.2, 0) is 4.74 Å². The lowest BCUT2D eigenvalue weighted by Gasteiger charge is -2.41. The molecule has 5 nitrogen and oxygen atoms in total. The fourth-order valence-corrected chi connectivity index (χ4v) is 4.21. The summed E-state index contributed by atoms with van der Waals surface area (Å²) in [6.07, 6.45) is 7.29. The van der Waals surface area contributed by atoms with Crippen molar-refractivity contribution < 1.29 is 9.53 Å². The zero-order valence-electron chi connectivity index (χ0n) is 12.9. The molecule has 1 saturated heterocycles. The first kappa shape index (κ1) is 15.0. The van der Waals surface area contributed by atoms with Crippen LogP contribution < -0.4 is 5.32 Å². The van der Waals surface area contributed by atoms with Gasteiger partial charge in [-0.05, 0) is 31.4 Å². The quantitative estimate of drug-likeness (QED) is 0.829. The van der Waals surface area contributed by atoms with Crippen LogP contribution >= 0.6 is 11.6 Å². The maximum absolute atomic E-state index is 12.7. The highest BCUT2D eigenvalue weighted by molar-refractivity contribution is 6.30. The number of carbonyl (C=O) groups excluding carboxylic acids is 1. The lowest BCUT2D eigenvalue weighted by molar-refractivity contribution is -0.0279. The number of H-pyrrole nitrogens is 1. The van der Waals surface area contributed by atoms with Gasteiger partial charge in [-0.2, -0.15) is 0 Å². The van der Waals surface area contributed by atoms with Gasteiger partial charge in [-0.15, -0.1) is 0 Å².